The van der Waals surface area contributed by atoms with Crippen LogP contribution in [0.25, 0.3) is 0 Å². The number of aromatic nitrogens is 2. The quantitative estimate of drug-likeness (QED) is 0.357. The summed E-state index contributed by atoms with van der Waals surface area (Å²) < 4.78 is 0. The number of nitrogens with zero attached hydrogens (tertiary/aromatic N) is 4. The summed E-state index contributed by atoms with van der Waals surface area (Å²) in [5.74, 6) is 1.90. The van der Waals surface area contributed by atoms with E-state index >= 15 is 0 Å². The maximum atomic E-state index is 11.2. The van der Waals surface area contributed by atoms with Gasteiger partial charge in [0.1, 0.15) is 5.82 Å². The first kappa shape index (κ1) is 16.5. The van der Waals surface area contributed by atoms with E-state index in [4.69, 9.17) is 0 Å². The van der Waals surface area contributed by atoms with Gasteiger partial charge in [0.25, 0.3) is 0 Å². The van der Waals surface area contributed by atoms with Crippen LogP contribution in [-0.4, -0.2) is 40.3 Å². The third-order valence-corrected chi connectivity index (χ3v) is 4.71. The van der Waals surface area contributed by atoms with Gasteiger partial charge in [-0.3, -0.25) is 10.1 Å². The van der Waals surface area contributed by atoms with Gasteiger partial charge in [-0.25, -0.2) is 9.97 Å². The second kappa shape index (κ2) is 7.96. The van der Waals surface area contributed by atoms with Crippen molar-refractivity contribution in [2.24, 2.45) is 0 Å². The van der Waals surface area contributed by atoms with E-state index < -0.39 is 4.92 Å². The summed E-state index contributed by atoms with van der Waals surface area (Å²) in [6, 6.07) is 9.03. The number of pyridine rings is 2. The van der Waals surface area contributed by atoms with Gasteiger partial charge in [0.15, 0.2) is 0 Å². The number of thioether (sulfide) groups is 1. The van der Waals surface area contributed by atoms with Gasteiger partial charge >= 0.3 is 5.69 Å². The predicted molar refractivity (Wildman–Crippen MR) is 95.8 cm³/mol. The van der Waals surface area contributed by atoms with E-state index in [1.165, 1.54) is 6.07 Å². The van der Waals surface area contributed by atoms with E-state index in [0.717, 1.165) is 42.5 Å². The second-order valence-corrected chi connectivity index (χ2v) is 6.55. The minimum atomic E-state index is -0.394. The smallest absolute Gasteiger partial charge is 0.311 e. The van der Waals surface area contributed by atoms with Crippen LogP contribution in [0, 0.1) is 10.1 Å². The summed E-state index contributed by atoms with van der Waals surface area (Å²) in [6.45, 7) is 2.50. The lowest BCUT2D eigenvalue weighted by molar-refractivity contribution is -0.384. The minimum Gasteiger partial charge on any atom is -0.363 e. The molecule has 24 heavy (non-hydrogen) atoms. The van der Waals surface area contributed by atoms with Crippen LogP contribution in [0.1, 0.15) is 12.8 Å². The van der Waals surface area contributed by atoms with Gasteiger partial charge in [-0.05, 0) is 31.0 Å². The molecule has 1 saturated heterocycles. The molecule has 0 aromatic carbocycles. The summed E-state index contributed by atoms with van der Waals surface area (Å²) in [5.41, 5.74) is 0.0146. The number of nitro groups is 1. The molecule has 1 aliphatic rings. The molecule has 126 valence electrons. The first-order chi connectivity index (χ1) is 11.7. The molecule has 0 radical (unpaired) electrons. The largest absolute Gasteiger partial charge is 0.363 e. The van der Waals surface area contributed by atoms with Crippen LogP contribution < -0.4 is 10.2 Å². The van der Waals surface area contributed by atoms with Gasteiger partial charge < -0.3 is 10.2 Å². The fourth-order valence-electron chi connectivity index (χ4n) is 2.60. The molecule has 1 fully saturated rings. The maximum Gasteiger partial charge on any atom is 0.311 e. The lowest BCUT2D eigenvalue weighted by Crippen LogP contribution is -2.20. The molecule has 1 aliphatic heterocycles. The molecule has 2 aromatic heterocycles. The highest BCUT2D eigenvalue weighted by Gasteiger charge is 2.19. The molecule has 0 atom stereocenters. The maximum absolute atomic E-state index is 11.2. The Labute approximate surface area is 144 Å². The number of rotatable bonds is 7. The minimum absolute atomic E-state index is 0.0146. The molecule has 3 rings (SSSR count). The summed E-state index contributed by atoms with van der Waals surface area (Å²) in [6.07, 6.45) is 4.03. The molecule has 0 spiro atoms. The fraction of sp³-hybridized carbons (Fsp3) is 0.375. The Morgan fingerprint density at radius 1 is 1.25 bits per heavy atom. The normalized spacial score (nSPS) is 13.9. The van der Waals surface area contributed by atoms with E-state index in [-0.39, 0.29) is 5.69 Å². The molecule has 0 aliphatic carbocycles. The average Bonchev–Trinajstić information content (AvgIpc) is 3.14. The van der Waals surface area contributed by atoms with Crippen LogP contribution in [0.15, 0.2) is 41.6 Å². The molecule has 0 bridgehead atoms. The molecular weight excluding hydrogens is 326 g/mol. The van der Waals surface area contributed by atoms with Crippen molar-refractivity contribution in [2.75, 3.05) is 35.6 Å². The SMILES string of the molecule is O=[N+]([O-])c1ccc(N2CCCC2)nc1NCCSc1ccccn1. The molecule has 8 heteroatoms. The van der Waals surface area contributed by atoms with Crippen molar-refractivity contribution < 1.29 is 4.92 Å². The second-order valence-electron chi connectivity index (χ2n) is 5.43. The summed E-state index contributed by atoms with van der Waals surface area (Å²) in [4.78, 5) is 21.7. The Bertz CT molecular complexity index is 692. The number of anilines is 2. The first-order valence-corrected chi connectivity index (χ1v) is 8.91. The zero-order chi connectivity index (χ0) is 16.8. The van der Waals surface area contributed by atoms with E-state index in [1.54, 1.807) is 24.0 Å². The standard InChI is InChI=1S/C16H19N5O2S/c22-21(23)13-6-7-14(20-10-3-4-11-20)19-16(13)18-9-12-24-15-5-1-2-8-17-15/h1-2,5-8H,3-4,9-12H2,(H,18,19). The molecule has 3 heterocycles. The van der Waals surface area contributed by atoms with Crippen molar-refractivity contribution >= 4 is 29.1 Å². The molecule has 0 saturated carbocycles. The highest BCUT2D eigenvalue weighted by atomic mass is 32.2. The summed E-state index contributed by atoms with van der Waals surface area (Å²) >= 11 is 1.60. The van der Waals surface area contributed by atoms with Crippen LogP contribution in [0.3, 0.4) is 0 Å². The molecule has 2 aromatic rings. The van der Waals surface area contributed by atoms with E-state index in [0.29, 0.717) is 12.4 Å². The predicted octanol–water partition coefficient (Wildman–Crippen LogP) is 3.19. The van der Waals surface area contributed by atoms with Crippen molar-refractivity contribution in [1.29, 1.82) is 0 Å². The Morgan fingerprint density at radius 2 is 2.08 bits per heavy atom. The number of hydrogen-bond acceptors (Lipinski definition) is 7. The Hall–Kier alpha value is -2.35. The highest BCUT2D eigenvalue weighted by molar-refractivity contribution is 7.99. The van der Waals surface area contributed by atoms with Crippen LogP contribution in [-0.2, 0) is 0 Å². The van der Waals surface area contributed by atoms with Gasteiger partial charge in [0.05, 0.1) is 9.95 Å². The molecule has 0 amide bonds. The third kappa shape index (κ3) is 4.14. The van der Waals surface area contributed by atoms with Gasteiger partial charge in [-0.15, -0.1) is 11.8 Å². The molecular formula is C16H19N5O2S. The number of nitrogens with one attached hydrogen (secondary N) is 1. The third-order valence-electron chi connectivity index (χ3n) is 3.77. The van der Waals surface area contributed by atoms with Gasteiger partial charge in [-0.1, -0.05) is 6.07 Å². The molecule has 0 unspecified atom stereocenters. The lowest BCUT2D eigenvalue weighted by atomic mass is 10.3. The Balaban J connectivity index is 1.63. The van der Waals surface area contributed by atoms with Crippen molar-refractivity contribution in [3.8, 4) is 0 Å². The van der Waals surface area contributed by atoms with Crippen molar-refractivity contribution in [3.63, 3.8) is 0 Å². The van der Waals surface area contributed by atoms with E-state index in [1.807, 2.05) is 18.2 Å². The van der Waals surface area contributed by atoms with Crippen LogP contribution in [0.5, 0.6) is 0 Å². The van der Waals surface area contributed by atoms with Gasteiger partial charge in [-0.2, -0.15) is 0 Å². The van der Waals surface area contributed by atoms with Crippen LogP contribution in [0.4, 0.5) is 17.3 Å². The molecule has 7 nitrogen and oxygen atoms in total. The van der Waals surface area contributed by atoms with Gasteiger partial charge in [0.2, 0.25) is 5.82 Å². The van der Waals surface area contributed by atoms with Crippen molar-refractivity contribution in [2.45, 2.75) is 17.9 Å². The van der Waals surface area contributed by atoms with Crippen LogP contribution in [0.2, 0.25) is 0 Å². The number of hydrogen-bond donors (Lipinski definition) is 1. The summed E-state index contributed by atoms with van der Waals surface area (Å²) in [7, 11) is 0. The van der Waals surface area contributed by atoms with E-state index in [2.05, 4.69) is 20.2 Å². The zero-order valence-corrected chi connectivity index (χ0v) is 14.0. The monoisotopic (exact) mass is 345 g/mol. The van der Waals surface area contributed by atoms with E-state index in [9.17, 15) is 10.1 Å². The van der Waals surface area contributed by atoms with Gasteiger partial charge in [0, 0.05) is 37.7 Å². The average molecular weight is 345 g/mol. The first-order valence-electron chi connectivity index (χ1n) is 7.92. The topological polar surface area (TPSA) is 84.2 Å². The Morgan fingerprint density at radius 3 is 2.79 bits per heavy atom. The fourth-order valence-corrected chi connectivity index (χ4v) is 3.32. The molecule has 1 N–H and O–H groups in total. The highest BCUT2D eigenvalue weighted by Crippen LogP contribution is 2.27. The Kier molecular flexibility index (Phi) is 5.47. The lowest BCUT2D eigenvalue weighted by Gasteiger charge is -2.17. The van der Waals surface area contributed by atoms with Crippen molar-refractivity contribution in [3.05, 3.63) is 46.6 Å². The zero-order valence-electron chi connectivity index (χ0n) is 13.2. The van der Waals surface area contributed by atoms with Crippen LogP contribution >= 0.6 is 11.8 Å². The summed E-state index contributed by atoms with van der Waals surface area (Å²) in [5, 5.41) is 15.2. The van der Waals surface area contributed by atoms with Crippen molar-refractivity contribution in [1.82, 2.24) is 9.97 Å².